The van der Waals surface area contributed by atoms with Gasteiger partial charge in [-0.25, -0.2) is 0 Å². The summed E-state index contributed by atoms with van der Waals surface area (Å²) in [6, 6.07) is 7.28. The minimum Gasteiger partial charge on any atom is -0.486 e. The summed E-state index contributed by atoms with van der Waals surface area (Å²) < 4.78 is 7.76. The summed E-state index contributed by atoms with van der Waals surface area (Å²) in [7, 11) is 3.39. The van der Waals surface area contributed by atoms with Crippen molar-refractivity contribution in [1.82, 2.24) is 25.3 Å². The first kappa shape index (κ1) is 19.0. The van der Waals surface area contributed by atoms with Gasteiger partial charge in [0, 0.05) is 43.4 Å². The third kappa shape index (κ3) is 3.56. The van der Waals surface area contributed by atoms with Crippen LogP contribution in [0.5, 0.6) is 5.75 Å². The molecule has 5 rings (SSSR count). The van der Waals surface area contributed by atoms with Crippen molar-refractivity contribution in [3.63, 3.8) is 0 Å². The van der Waals surface area contributed by atoms with Gasteiger partial charge >= 0.3 is 0 Å². The largest absolute Gasteiger partial charge is 0.486 e. The standard InChI is InChI=1S/C21H21N7O3/c1-22-21(30)18-15(8-16(25-26-18)24-20(29)11-6-7-11)23-14-5-3-4-13-17-12(9-28(2)27-17)10-31-19(13)14/h3-5,8-9,11H,6-7,10H2,1-2H3,(H,22,30)(H2,23,24,25,29). The Morgan fingerprint density at radius 1 is 1.19 bits per heavy atom. The van der Waals surface area contributed by atoms with E-state index in [2.05, 4.69) is 31.2 Å². The smallest absolute Gasteiger partial charge is 0.273 e. The predicted molar refractivity (Wildman–Crippen MR) is 113 cm³/mol. The summed E-state index contributed by atoms with van der Waals surface area (Å²) in [5.41, 5.74) is 3.91. The fraction of sp³-hybridized carbons (Fsp3) is 0.286. The molecule has 31 heavy (non-hydrogen) atoms. The molecule has 3 heterocycles. The highest BCUT2D eigenvalue weighted by Gasteiger charge is 2.30. The minimum absolute atomic E-state index is 0.0268. The van der Waals surface area contributed by atoms with Gasteiger partial charge in [-0.05, 0) is 25.0 Å². The molecule has 10 heteroatoms. The molecule has 0 bridgehead atoms. The first-order valence-corrected chi connectivity index (χ1v) is 10.00. The fourth-order valence-corrected chi connectivity index (χ4v) is 3.55. The quantitative estimate of drug-likeness (QED) is 0.579. The van der Waals surface area contributed by atoms with E-state index in [9.17, 15) is 9.59 Å². The number of hydrogen-bond acceptors (Lipinski definition) is 7. The van der Waals surface area contributed by atoms with E-state index >= 15 is 0 Å². The Morgan fingerprint density at radius 3 is 2.81 bits per heavy atom. The van der Waals surface area contributed by atoms with Gasteiger partial charge in [0.25, 0.3) is 5.91 Å². The molecule has 0 radical (unpaired) electrons. The second kappa shape index (κ2) is 7.38. The molecule has 10 nitrogen and oxygen atoms in total. The van der Waals surface area contributed by atoms with Crippen molar-refractivity contribution in [2.45, 2.75) is 19.4 Å². The number of aromatic nitrogens is 4. The van der Waals surface area contributed by atoms with Crippen LogP contribution >= 0.6 is 0 Å². The van der Waals surface area contributed by atoms with Crippen LogP contribution in [0.15, 0.2) is 30.5 Å². The van der Waals surface area contributed by atoms with Crippen molar-refractivity contribution in [3.05, 3.63) is 41.7 Å². The average Bonchev–Trinajstić information content (AvgIpc) is 3.54. The average molecular weight is 419 g/mol. The van der Waals surface area contributed by atoms with Crippen LogP contribution in [0.1, 0.15) is 28.9 Å². The molecule has 0 unspecified atom stereocenters. The number of carbonyl (C=O) groups excluding carboxylic acids is 2. The van der Waals surface area contributed by atoms with Gasteiger partial charge in [-0.1, -0.05) is 6.07 Å². The van der Waals surface area contributed by atoms with Crippen LogP contribution in [-0.2, 0) is 18.4 Å². The SMILES string of the molecule is CNC(=O)c1nnc(NC(=O)C2CC2)cc1Nc1cccc2c1OCc1cn(C)nc1-2. The number of para-hydroxylation sites is 1. The Balaban J connectivity index is 1.52. The van der Waals surface area contributed by atoms with Crippen molar-refractivity contribution in [2.24, 2.45) is 13.0 Å². The van der Waals surface area contributed by atoms with E-state index in [-0.39, 0.29) is 23.3 Å². The van der Waals surface area contributed by atoms with Gasteiger partial charge in [0.05, 0.1) is 11.4 Å². The van der Waals surface area contributed by atoms with Crippen LogP contribution < -0.4 is 20.7 Å². The van der Waals surface area contributed by atoms with Gasteiger partial charge in [-0.3, -0.25) is 14.3 Å². The topological polar surface area (TPSA) is 123 Å². The lowest BCUT2D eigenvalue weighted by Gasteiger charge is -2.21. The Kier molecular flexibility index (Phi) is 4.54. The summed E-state index contributed by atoms with van der Waals surface area (Å²) in [6.07, 6.45) is 3.69. The van der Waals surface area contributed by atoms with Gasteiger partial charge in [0.2, 0.25) is 5.91 Å². The molecular weight excluding hydrogens is 398 g/mol. The number of nitrogens with zero attached hydrogens (tertiary/aromatic N) is 4. The van der Waals surface area contributed by atoms with E-state index in [1.165, 1.54) is 7.05 Å². The molecule has 3 N–H and O–H groups in total. The number of anilines is 3. The van der Waals surface area contributed by atoms with Gasteiger partial charge in [-0.2, -0.15) is 5.10 Å². The zero-order chi connectivity index (χ0) is 21.5. The van der Waals surface area contributed by atoms with Crippen LogP contribution in [0, 0.1) is 5.92 Å². The number of aryl methyl sites for hydroxylation is 1. The molecule has 2 aliphatic rings. The predicted octanol–water partition coefficient (Wildman–Crippen LogP) is 2.22. The molecule has 0 atom stereocenters. The third-order valence-corrected chi connectivity index (χ3v) is 5.25. The lowest BCUT2D eigenvalue weighted by Crippen LogP contribution is -2.22. The molecule has 1 fully saturated rings. The second-order valence-corrected chi connectivity index (χ2v) is 7.61. The molecule has 1 aliphatic carbocycles. The molecule has 3 aromatic rings. The number of benzene rings is 1. The first-order chi connectivity index (χ1) is 15.0. The van der Waals surface area contributed by atoms with Crippen LogP contribution in [-0.4, -0.2) is 38.8 Å². The van der Waals surface area contributed by atoms with Gasteiger partial charge in [0.1, 0.15) is 12.3 Å². The molecule has 1 aromatic carbocycles. The molecule has 1 saturated carbocycles. The van der Waals surface area contributed by atoms with Crippen LogP contribution in [0.4, 0.5) is 17.2 Å². The fourth-order valence-electron chi connectivity index (χ4n) is 3.55. The number of rotatable bonds is 5. The summed E-state index contributed by atoms with van der Waals surface area (Å²) in [5, 5.41) is 21.1. The van der Waals surface area contributed by atoms with Crippen molar-refractivity contribution in [2.75, 3.05) is 17.7 Å². The van der Waals surface area contributed by atoms with E-state index < -0.39 is 5.91 Å². The zero-order valence-electron chi connectivity index (χ0n) is 17.1. The highest BCUT2D eigenvalue weighted by molar-refractivity contribution is 6.00. The maximum atomic E-state index is 12.3. The highest BCUT2D eigenvalue weighted by atomic mass is 16.5. The Hall–Kier alpha value is -3.95. The zero-order valence-corrected chi connectivity index (χ0v) is 17.1. The number of fused-ring (bicyclic) bond motifs is 3. The third-order valence-electron chi connectivity index (χ3n) is 5.25. The summed E-state index contributed by atoms with van der Waals surface area (Å²) in [5.74, 6) is 0.463. The highest BCUT2D eigenvalue weighted by Crippen LogP contribution is 2.42. The number of carbonyl (C=O) groups is 2. The van der Waals surface area contributed by atoms with Crippen molar-refractivity contribution < 1.29 is 14.3 Å². The van der Waals surface area contributed by atoms with Crippen molar-refractivity contribution in [3.8, 4) is 17.0 Å². The molecule has 158 valence electrons. The summed E-state index contributed by atoms with van der Waals surface area (Å²) in [6.45, 7) is 0.397. The van der Waals surface area contributed by atoms with E-state index in [1.807, 2.05) is 31.4 Å². The Labute approximate surface area is 178 Å². The molecule has 2 amide bonds. The van der Waals surface area contributed by atoms with Crippen LogP contribution in [0.2, 0.25) is 0 Å². The first-order valence-electron chi connectivity index (χ1n) is 10.00. The molecular formula is C21H21N7O3. The Morgan fingerprint density at radius 2 is 2.03 bits per heavy atom. The normalized spacial score (nSPS) is 14.1. The van der Waals surface area contributed by atoms with E-state index in [4.69, 9.17) is 4.74 Å². The number of ether oxygens (including phenoxy) is 1. The molecule has 2 aromatic heterocycles. The molecule has 1 aliphatic heterocycles. The van der Waals surface area contributed by atoms with Gasteiger partial charge in [0.15, 0.2) is 17.3 Å². The molecule has 0 spiro atoms. The maximum absolute atomic E-state index is 12.3. The monoisotopic (exact) mass is 419 g/mol. The lowest BCUT2D eigenvalue weighted by atomic mass is 10.0. The summed E-state index contributed by atoms with van der Waals surface area (Å²) >= 11 is 0. The van der Waals surface area contributed by atoms with E-state index in [0.29, 0.717) is 23.7 Å². The van der Waals surface area contributed by atoms with Crippen molar-refractivity contribution in [1.29, 1.82) is 0 Å². The Bertz CT molecular complexity index is 1200. The van der Waals surface area contributed by atoms with Gasteiger partial charge in [-0.15, -0.1) is 10.2 Å². The number of amides is 2. The molecule has 0 saturated heterocycles. The van der Waals surface area contributed by atoms with Crippen LogP contribution in [0.3, 0.4) is 0 Å². The van der Waals surface area contributed by atoms with Gasteiger partial charge < -0.3 is 20.7 Å². The summed E-state index contributed by atoms with van der Waals surface area (Å²) in [4.78, 5) is 24.5. The van der Waals surface area contributed by atoms with Crippen LogP contribution in [0.25, 0.3) is 11.3 Å². The maximum Gasteiger partial charge on any atom is 0.273 e. The van der Waals surface area contributed by atoms with E-state index in [0.717, 1.165) is 29.7 Å². The lowest BCUT2D eigenvalue weighted by molar-refractivity contribution is -0.117. The van der Waals surface area contributed by atoms with E-state index in [1.54, 1.807) is 10.7 Å². The van der Waals surface area contributed by atoms with Crippen molar-refractivity contribution >= 4 is 29.0 Å². The number of nitrogens with one attached hydrogen (secondary N) is 3. The minimum atomic E-state index is -0.396. The second-order valence-electron chi connectivity index (χ2n) is 7.61. The number of hydrogen-bond donors (Lipinski definition) is 3.